The summed E-state index contributed by atoms with van der Waals surface area (Å²) in [4.78, 5) is 35.5. The number of hydrogen-bond donors (Lipinski definition) is 3. The Balaban J connectivity index is 1.56. The van der Waals surface area contributed by atoms with Crippen LogP contribution in [0, 0.1) is 5.82 Å². The minimum Gasteiger partial charge on any atom is -0.478 e. The van der Waals surface area contributed by atoms with Crippen LogP contribution in [-0.2, 0) is 17.9 Å². The molecule has 9 nitrogen and oxygen atoms in total. The van der Waals surface area contributed by atoms with Gasteiger partial charge in [-0.15, -0.1) is 10.2 Å². The van der Waals surface area contributed by atoms with Gasteiger partial charge in [-0.2, -0.15) is 0 Å². The van der Waals surface area contributed by atoms with Gasteiger partial charge in [0.25, 0.3) is 5.91 Å². The second-order valence-electron chi connectivity index (χ2n) is 6.56. The molecule has 2 amide bonds. The van der Waals surface area contributed by atoms with Crippen LogP contribution >= 0.6 is 11.8 Å². The number of carboxylic acids is 1. The molecular weight excluding hydrogens is 437 g/mol. The molecule has 0 saturated carbocycles. The van der Waals surface area contributed by atoms with Gasteiger partial charge in [-0.1, -0.05) is 17.8 Å². The number of anilines is 1. The molecule has 0 radical (unpaired) electrons. The maximum absolute atomic E-state index is 13.0. The zero-order valence-electron chi connectivity index (χ0n) is 17.0. The van der Waals surface area contributed by atoms with E-state index in [1.165, 1.54) is 48.2 Å². The second kappa shape index (κ2) is 10.5. The highest BCUT2D eigenvalue weighted by molar-refractivity contribution is 7.99. The van der Waals surface area contributed by atoms with Gasteiger partial charge in [0.15, 0.2) is 11.0 Å². The molecule has 3 N–H and O–H groups in total. The summed E-state index contributed by atoms with van der Waals surface area (Å²) in [5, 5.41) is 23.1. The summed E-state index contributed by atoms with van der Waals surface area (Å²) in [6, 6.07) is 11.2. The molecule has 0 saturated heterocycles. The fourth-order valence-electron chi connectivity index (χ4n) is 2.79. The first kappa shape index (κ1) is 22.9. The largest absolute Gasteiger partial charge is 0.478 e. The number of carboxylic acid groups (broad SMARTS) is 1. The Hall–Kier alpha value is -3.73. The molecule has 166 valence electrons. The molecule has 32 heavy (non-hydrogen) atoms. The first-order valence-electron chi connectivity index (χ1n) is 9.59. The van der Waals surface area contributed by atoms with E-state index in [1.807, 2.05) is 6.92 Å². The number of nitrogens with zero attached hydrogens (tertiary/aromatic N) is 3. The Morgan fingerprint density at radius 3 is 2.53 bits per heavy atom. The van der Waals surface area contributed by atoms with E-state index >= 15 is 0 Å². The van der Waals surface area contributed by atoms with Crippen molar-refractivity contribution in [2.45, 2.75) is 25.2 Å². The van der Waals surface area contributed by atoms with Crippen molar-refractivity contribution in [3.05, 3.63) is 71.3 Å². The summed E-state index contributed by atoms with van der Waals surface area (Å²) in [5.74, 6) is -1.64. The van der Waals surface area contributed by atoms with Crippen molar-refractivity contribution in [1.29, 1.82) is 0 Å². The van der Waals surface area contributed by atoms with E-state index in [9.17, 15) is 18.8 Å². The SMILES string of the molecule is CCn1c(CNC(=O)c2ccc(F)cc2)nnc1SCC(=O)Nc1cccc(C(=O)O)c1. The summed E-state index contributed by atoms with van der Waals surface area (Å²) < 4.78 is 14.8. The lowest BCUT2D eigenvalue weighted by atomic mass is 10.2. The van der Waals surface area contributed by atoms with E-state index in [2.05, 4.69) is 20.8 Å². The molecule has 1 heterocycles. The monoisotopic (exact) mass is 457 g/mol. The number of halogens is 1. The van der Waals surface area contributed by atoms with E-state index in [0.29, 0.717) is 28.8 Å². The standard InChI is InChI=1S/C21H20FN5O4S/c1-2-27-17(11-23-19(29)13-6-8-15(22)9-7-13)25-26-21(27)32-12-18(28)24-16-5-3-4-14(10-16)20(30)31/h3-10H,2,11-12H2,1H3,(H,23,29)(H,24,28)(H,30,31). The molecule has 0 unspecified atom stereocenters. The highest BCUT2D eigenvalue weighted by Crippen LogP contribution is 2.18. The van der Waals surface area contributed by atoms with Crippen molar-refractivity contribution in [3.8, 4) is 0 Å². The third-order valence-electron chi connectivity index (χ3n) is 4.35. The van der Waals surface area contributed by atoms with Crippen molar-refractivity contribution in [2.24, 2.45) is 0 Å². The van der Waals surface area contributed by atoms with Crippen LogP contribution in [0.25, 0.3) is 0 Å². The molecule has 0 aliphatic rings. The molecule has 2 aromatic carbocycles. The third kappa shape index (κ3) is 5.91. The topological polar surface area (TPSA) is 126 Å². The number of carbonyl (C=O) groups excluding carboxylic acids is 2. The van der Waals surface area contributed by atoms with Gasteiger partial charge in [-0.25, -0.2) is 9.18 Å². The zero-order valence-corrected chi connectivity index (χ0v) is 17.9. The van der Waals surface area contributed by atoms with Gasteiger partial charge < -0.3 is 20.3 Å². The molecule has 0 atom stereocenters. The maximum atomic E-state index is 13.0. The van der Waals surface area contributed by atoms with Gasteiger partial charge in [0.1, 0.15) is 5.82 Å². The van der Waals surface area contributed by atoms with E-state index in [-0.39, 0.29) is 29.7 Å². The van der Waals surface area contributed by atoms with Crippen LogP contribution in [-0.4, -0.2) is 43.4 Å². The molecule has 0 fully saturated rings. The molecule has 1 aromatic heterocycles. The van der Waals surface area contributed by atoms with Gasteiger partial charge in [-0.3, -0.25) is 9.59 Å². The molecule has 11 heteroatoms. The quantitative estimate of drug-likeness (QED) is 0.422. The Kier molecular flexibility index (Phi) is 7.55. The van der Waals surface area contributed by atoms with Crippen LogP contribution in [0.3, 0.4) is 0 Å². The van der Waals surface area contributed by atoms with E-state index < -0.39 is 11.8 Å². The lowest BCUT2D eigenvalue weighted by Crippen LogP contribution is -2.24. The molecule has 3 rings (SSSR count). The van der Waals surface area contributed by atoms with Crippen LogP contribution in [0.1, 0.15) is 33.5 Å². The van der Waals surface area contributed by atoms with Gasteiger partial charge in [0.2, 0.25) is 5.91 Å². The van der Waals surface area contributed by atoms with Crippen LogP contribution in [0.4, 0.5) is 10.1 Å². The third-order valence-corrected chi connectivity index (χ3v) is 5.32. The minimum atomic E-state index is -1.08. The molecule has 0 aliphatic carbocycles. The van der Waals surface area contributed by atoms with Crippen LogP contribution in [0.2, 0.25) is 0 Å². The number of nitrogens with one attached hydrogen (secondary N) is 2. The molecule has 0 spiro atoms. The Bertz CT molecular complexity index is 1130. The summed E-state index contributed by atoms with van der Waals surface area (Å²) in [6.45, 7) is 2.53. The average molecular weight is 457 g/mol. The minimum absolute atomic E-state index is 0.0391. The average Bonchev–Trinajstić information content (AvgIpc) is 3.18. The van der Waals surface area contributed by atoms with Gasteiger partial charge in [-0.05, 0) is 49.4 Å². The summed E-state index contributed by atoms with van der Waals surface area (Å²) in [6.07, 6.45) is 0. The van der Waals surface area contributed by atoms with Crippen molar-refractivity contribution < 1.29 is 23.9 Å². The molecule has 3 aromatic rings. The molecule has 0 aliphatic heterocycles. The normalized spacial score (nSPS) is 10.6. The summed E-state index contributed by atoms with van der Waals surface area (Å²) in [7, 11) is 0. The van der Waals surface area contributed by atoms with Crippen LogP contribution in [0.5, 0.6) is 0 Å². The number of aromatic carboxylic acids is 1. The molecule has 0 bridgehead atoms. The van der Waals surface area contributed by atoms with Gasteiger partial charge in [0, 0.05) is 17.8 Å². The fraction of sp³-hybridized carbons (Fsp3) is 0.190. The van der Waals surface area contributed by atoms with E-state index in [1.54, 1.807) is 16.7 Å². The molecular formula is C21H20FN5O4S. The Morgan fingerprint density at radius 1 is 1.09 bits per heavy atom. The fourth-order valence-corrected chi connectivity index (χ4v) is 3.62. The first-order chi connectivity index (χ1) is 15.4. The van der Waals surface area contributed by atoms with Gasteiger partial charge in [0.05, 0.1) is 17.9 Å². The van der Waals surface area contributed by atoms with Crippen LogP contribution < -0.4 is 10.6 Å². The number of carbonyl (C=O) groups is 3. The number of thioether (sulfide) groups is 1. The lowest BCUT2D eigenvalue weighted by molar-refractivity contribution is -0.113. The predicted octanol–water partition coefficient (Wildman–Crippen LogP) is 2.80. The van der Waals surface area contributed by atoms with Crippen LogP contribution in [0.15, 0.2) is 53.7 Å². The summed E-state index contributed by atoms with van der Waals surface area (Å²) in [5.41, 5.74) is 0.789. The number of aromatic nitrogens is 3. The van der Waals surface area contributed by atoms with Gasteiger partial charge >= 0.3 is 5.97 Å². The van der Waals surface area contributed by atoms with E-state index in [4.69, 9.17) is 5.11 Å². The maximum Gasteiger partial charge on any atom is 0.335 e. The number of hydrogen-bond acceptors (Lipinski definition) is 6. The zero-order chi connectivity index (χ0) is 23.1. The smallest absolute Gasteiger partial charge is 0.335 e. The Labute approximate surface area is 187 Å². The Morgan fingerprint density at radius 2 is 1.84 bits per heavy atom. The highest BCUT2D eigenvalue weighted by Gasteiger charge is 2.15. The van der Waals surface area contributed by atoms with Crippen molar-refractivity contribution in [2.75, 3.05) is 11.1 Å². The van der Waals surface area contributed by atoms with Crippen molar-refractivity contribution in [1.82, 2.24) is 20.1 Å². The number of rotatable bonds is 9. The van der Waals surface area contributed by atoms with E-state index in [0.717, 1.165) is 0 Å². The predicted molar refractivity (Wildman–Crippen MR) is 116 cm³/mol. The summed E-state index contributed by atoms with van der Waals surface area (Å²) >= 11 is 1.17. The lowest BCUT2D eigenvalue weighted by Gasteiger charge is -2.09. The number of amides is 2. The van der Waals surface area contributed by atoms with Crippen molar-refractivity contribution in [3.63, 3.8) is 0 Å². The highest BCUT2D eigenvalue weighted by atomic mass is 32.2. The number of benzene rings is 2. The first-order valence-corrected chi connectivity index (χ1v) is 10.6. The van der Waals surface area contributed by atoms with Crippen molar-refractivity contribution >= 4 is 35.2 Å². The second-order valence-corrected chi connectivity index (χ2v) is 7.50.